The first-order valence-electron chi connectivity index (χ1n) is 6.66. The van der Waals surface area contributed by atoms with Gasteiger partial charge in [0.1, 0.15) is 0 Å². The van der Waals surface area contributed by atoms with Gasteiger partial charge in [-0.05, 0) is 36.4 Å². The second-order valence-corrected chi connectivity index (χ2v) is 5.42. The van der Waals surface area contributed by atoms with E-state index in [0.29, 0.717) is 10.7 Å². The van der Waals surface area contributed by atoms with Gasteiger partial charge in [-0.15, -0.1) is 0 Å². The fourth-order valence-corrected chi connectivity index (χ4v) is 2.08. The van der Waals surface area contributed by atoms with E-state index in [4.69, 9.17) is 32.7 Å². The first-order valence-corrected chi connectivity index (χ1v) is 7.42. The van der Waals surface area contributed by atoms with Crippen LogP contribution in [0.5, 0.6) is 5.75 Å². The van der Waals surface area contributed by atoms with Crippen molar-refractivity contribution in [1.82, 2.24) is 0 Å². The third kappa shape index (κ3) is 4.59. The van der Waals surface area contributed by atoms with Gasteiger partial charge < -0.3 is 14.8 Å². The average Bonchev–Trinajstić information content (AvgIpc) is 2.56. The summed E-state index contributed by atoms with van der Waals surface area (Å²) in [6, 6.07) is 8.13. The largest absolute Gasteiger partial charge is 0.494 e. The zero-order valence-corrected chi connectivity index (χ0v) is 13.9. The van der Waals surface area contributed by atoms with E-state index in [0.717, 1.165) is 6.07 Å². The Bertz CT molecular complexity index is 783. The topological polar surface area (TPSA) is 64.6 Å². The molecule has 0 aromatic heterocycles. The Morgan fingerprint density at radius 2 is 1.88 bits per heavy atom. The molecule has 2 aromatic carbocycles. The molecule has 2 aromatic rings. The number of methoxy groups -OCH3 is 1. The van der Waals surface area contributed by atoms with Crippen LogP contribution < -0.4 is 10.1 Å². The lowest BCUT2D eigenvalue weighted by Gasteiger charge is -2.08. The Morgan fingerprint density at radius 1 is 1.12 bits per heavy atom. The fourth-order valence-electron chi connectivity index (χ4n) is 1.78. The zero-order valence-electron chi connectivity index (χ0n) is 12.4. The molecular formula is C16H12Cl2FNO4. The van der Waals surface area contributed by atoms with Gasteiger partial charge in [-0.3, -0.25) is 4.79 Å². The van der Waals surface area contributed by atoms with Crippen LogP contribution in [0.4, 0.5) is 10.1 Å². The van der Waals surface area contributed by atoms with Gasteiger partial charge in [0.05, 0.1) is 22.7 Å². The molecule has 0 saturated carbocycles. The van der Waals surface area contributed by atoms with Crippen molar-refractivity contribution in [3.8, 4) is 5.75 Å². The van der Waals surface area contributed by atoms with Crippen LogP contribution in [-0.2, 0) is 9.53 Å². The van der Waals surface area contributed by atoms with Crippen LogP contribution >= 0.6 is 23.2 Å². The van der Waals surface area contributed by atoms with Crippen molar-refractivity contribution < 1.29 is 23.5 Å². The molecule has 0 unspecified atom stereocenters. The molecule has 0 fully saturated rings. The van der Waals surface area contributed by atoms with Gasteiger partial charge in [0.15, 0.2) is 18.2 Å². The normalized spacial score (nSPS) is 10.2. The number of amides is 1. The van der Waals surface area contributed by atoms with Gasteiger partial charge in [0, 0.05) is 5.69 Å². The predicted molar refractivity (Wildman–Crippen MR) is 88.3 cm³/mol. The highest BCUT2D eigenvalue weighted by Gasteiger charge is 2.13. The second-order valence-electron chi connectivity index (χ2n) is 4.60. The number of anilines is 1. The summed E-state index contributed by atoms with van der Waals surface area (Å²) in [5.74, 6) is -2.10. The van der Waals surface area contributed by atoms with E-state index in [1.54, 1.807) is 6.07 Å². The number of halogens is 3. The van der Waals surface area contributed by atoms with Gasteiger partial charge in [0.2, 0.25) is 0 Å². The zero-order chi connectivity index (χ0) is 17.7. The average molecular weight is 372 g/mol. The molecule has 1 amide bonds. The molecule has 0 atom stereocenters. The smallest absolute Gasteiger partial charge is 0.338 e. The van der Waals surface area contributed by atoms with Crippen molar-refractivity contribution in [2.45, 2.75) is 0 Å². The van der Waals surface area contributed by atoms with Crippen molar-refractivity contribution in [2.75, 3.05) is 19.0 Å². The molecule has 126 valence electrons. The monoisotopic (exact) mass is 371 g/mol. The van der Waals surface area contributed by atoms with E-state index >= 15 is 0 Å². The third-order valence-corrected chi connectivity index (χ3v) is 3.66. The molecule has 0 saturated heterocycles. The number of nitrogens with one attached hydrogen (secondary N) is 1. The highest BCUT2D eigenvalue weighted by Crippen LogP contribution is 2.25. The van der Waals surface area contributed by atoms with Crippen LogP contribution in [0, 0.1) is 5.82 Å². The van der Waals surface area contributed by atoms with E-state index < -0.39 is 24.3 Å². The highest BCUT2D eigenvalue weighted by atomic mass is 35.5. The van der Waals surface area contributed by atoms with Gasteiger partial charge in [-0.25, -0.2) is 9.18 Å². The minimum atomic E-state index is -0.833. The number of hydrogen-bond acceptors (Lipinski definition) is 4. The van der Waals surface area contributed by atoms with Crippen LogP contribution in [0.25, 0.3) is 0 Å². The van der Waals surface area contributed by atoms with Crippen molar-refractivity contribution in [3.63, 3.8) is 0 Å². The number of hydrogen-bond donors (Lipinski definition) is 1. The maximum Gasteiger partial charge on any atom is 0.338 e. The molecule has 1 N–H and O–H groups in total. The molecule has 0 aliphatic rings. The number of esters is 1. The van der Waals surface area contributed by atoms with E-state index in [-0.39, 0.29) is 16.3 Å². The Hall–Kier alpha value is -2.31. The van der Waals surface area contributed by atoms with E-state index in [1.807, 2.05) is 0 Å². The molecule has 8 heteroatoms. The van der Waals surface area contributed by atoms with Crippen LogP contribution in [0.3, 0.4) is 0 Å². The van der Waals surface area contributed by atoms with Crippen molar-refractivity contribution in [2.24, 2.45) is 0 Å². The van der Waals surface area contributed by atoms with E-state index in [2.05, 4.69) is 5.32 Å². The van der Waals surface area contributed by atoms with Crippen molar-refractivity contribution >= 4 is 40.8 Å². The Labute approximate surface area is 147 Å². The van der Waals surface area contributed by atoms with E-state index in [1.165, 1.54) is 31.4 Å². The molecule has 2 rings (SSSR count). The maximum atomic E-state index is 13.5. The van der Waals surface area contributed by atoms with Crippen LogP contribution in [-0.4, -0.2) is 25.6 Å². The number of carbonyl (C=O) groups excluding carboxylic acids is 2. The van der Waals surface area contributed by atoms with Gasteiger partial charge in [-0.1, -0.05) is 23.2 Å². The van der Waals surface area contributed by atoms with Crippen molar-refractivity contribution in [3.05, 3.63) is 57.8 Å². The number of ether oxygens (including phenoxy) is 2. The van der Waals surface area contributed by atoms with Gasteiger partial charge in [0.25, 0.3) is 5.91 Å². The molecule has 0 bridgehead atoms. The molecular weight excluding hydrogens is 360 g/mol. The maximum absolute atomic E-state index is 13.5. The summed E-state index contributed by atoms with van der Waals surface area (Å²) < 4.78 is 23.1. The molecule has 5 nitrogen and oxygen atoms in total. The summed E-state index contributed by atoms with van der Waals surface area (Å²) >= 11 is 11.6. The molecule has 0 aliphatic heterocycles. The predicted octanol–water partition coefficient (Wildman–Crippen LogP) is 3.94. The quantitative estimate of drug-likeness (QED) is 0.808. The fraction of sp³-hybridized carbons (Fsp3) is 0.125. The molecule has 0 aliphatic carbocycles. The van der Waals surface area contributed by atoms with Crippen LogP contribution in [0.2, 0.25) is 10.0 Å². The number of carbonyl (C=O) groups is 2. The summed E-state index contributed by atoms with van der Waals surface area (Å²) in [6.45, 7) is -0.535. The molecule has 0 radical (unpaired) electrons. The lowest BCUT2D eigenvalue weighted by molar-refractivity contribution is -0.119. The Kier molecular flexibility index (Phi) is 6.00. The molecule has 0 spiro atoms. The lowest BCUT2D eigenvalue weighted by atomic mass is 10.2. The Balaban J connectivity index is 1.92. The second kappa shape index (κ2) is 7.99. The van der Waals surface area contributed by atoms with Crippen LogP contribution in [0.1, 0.15) is 10.4 Å². The first-order chi connectivity index (χ1) is 11.4. The minimum Gasteiger partial charge on any atom is -0.494 e. The Morgan fingerprint density at radius 3 is 2.50 bits per heavy atom. The molecule has 0 heterocycles. The standard InChI is InChI=1S/C16H12Cl2FNO4/c1-23-14-5-2-9(6-13(14)19)16(22)24-8-15(21)20-10-3-4-11(17)12(18)7-10/h2-7H,8H2,1H3,(H,20,21). The SMILES string of the molecule is COc1ccc(C(=O)OCC(=O)Nc2ccc(Cl)c(Cl)c2)cc1F. The lowest BCUT2D eigenvalue weighted by Crippen LogP contribution is -2.21. The summed E-state index contributed by atoms with van der Waals surface area (Å²) in [5.41, 5.74) is 0.372. The van der Waals surface area contributed by atoms with Gasteiger partial charge >= 0.3 is 5.97 Å². The third-order valence-electron chi connectivity index (χ3n) is 2.93. The summed E-state index contributed by atoms with van der Waals surface area (Å²) in [5, 5.41) is 3.12. The van der Waals surface area contributed by atoms with Crippen molar-refractivity contribution in [1.29, 1.82) is 0 Å². The van der Waals surface area contributed by atoms with E-state index in [9.17, 15) is 14.0 Å². The highest BCUT2D eigenvalue weighted by molar-refractivity contribution is 6.42. The summed E-state index contributed by atoms with van der Waals surface area (Å²) in [7, 11) is 1.31. The summed E-state index contributed by atoms with van der Waals surface area (Å²) in [6.07, 6.45) is 0. The molecule has 24 heavy (non-hydrogen) atoms. The summed E-state index contributed by atoms with van der Waals surface area (Å²) in [4.78, 5) is 23.6. The number of rotatable bonds is 5. The number of benzene rings is 2. The minimum absolute atomic E-state index is 0.00362. The van der Waals surface area contributed by atoms with Crippen LogP contribution in [0.15, 0.2) is 36.4 Å². The first kappa shape index (κ1) is 18.0. The van der Waals surface area contributed by atoms with Gasteiger partial charge in [-0.2, -0.15) is 0 Å².